The lowest BCUT2D eigenvalue weighted by Crippen LogP contribution is -2.30. The number of carbonyl (C=O) groups is 4. The van der Waals surface area contributed by atoms with E-state index in [1.807, 2.05) is 5.43 Å². The maximum absolute atomic E-state index is 12.4. The van der Waals surface area contributed by atoms with Crippen molar-refractivity contribution in [3.63, 3.8) is 0 Å². The van der Waals surface area contributed by atoms with E-state index in [0.29, 0.717) is 32.3 Å². The van der Waals surface area contributed by atoms with Gasteiger partial charge in [0.2, 0.25) is 0 Å². The second kappa shape index (κ2) is 6.87. The number of fused-ring (bicyclic) bond motifs is 2. The van der Waals surface area contributed by atoms with Crippen LogP contribution in [0.4, 0.5) is 0 Å². The lowest BCUT2D eigenvalue weighted by atomic mass is 9.84. The summed E-state index contributed by atoms with van der Waals surface area (Å²) in [5.74, 6) is 0.874. The summed E-state index contributed by atoms with van der Waals surface area (Å²) in [5.41, 5.74) is 1.68. The molecule has 0 atom stereocenters. The number of hydrogen-bond donors (Lipinski definition) is 5. The summed E-state index contributed by atoms with van der Waals surface area (Å²) in [6, 6.07) is 11.8. The molecular formula is C24H14N2O7. The highest BCUT2D eigenvalue weighted by Gasteiger charge is 2.25. The first-order chi connectivity index (χ1) is 15.8. The molecule has 1 amide bonds. The van der Waals surface area contributed by atoms with Crippen molar-refractivity contribution in [2.75, 3.05) is 0 Å². The molecule has 0 saturated carbocycles. The van der Waals surface area contributed by atoms with E-state index < -0.39 is 23.8 Å². The van der Waals surface area contributed by atoms with E-state index >= 15 is 0 Å². The summed E-state index contributed by atoms with van der Waals surface area (Å²) >= 11 is 0. The highest BCUT2D eigenvalue weighted by atomic mass is 16.4. The number of nitrogen functional groups attached to an aromatic ring is 1. The van der Waals surface area contributed by atoms with E-state index in [1.165, 1.54) is 24.3 Å². The maximum Gasteiger partial charge on any atom is 0.336 e. The molecule has 5 rings (SSSR count). The Balaban J connectivity index is 2.14. The van der Waals surface area contributed by atoms with Crippen LogP contribution in [0, 0.1) is 0 Å². The van der Waals surface area contributed by atoms with Crippen molar-refractivity contribution >= 4 is 66.9 Å². The highest BCUT2D eigenvalue weighted by Crippen LogP contribution is 2.43. The molecule has 6 N–H and O–H groups in total. The van der Waals surface area contributed by atoms with E-state index in [2.05, 4.69) is 0 Å². The SMILES string of the molecule is NNC(=O)c1ccc2c3ccc(C(=O)O)c4c(C(=O)O)ccc(c5ccc(C(=O)O)c1c52)c43. The molecule has 5 aromatic carbocycles. The minimum Gasteiger partial charge on any atom is -0.478 e. The molecule has 0 spiro atoms. The van der Waals surface area contributed by atoms with Crippen LogP contribution in [-0.4, -0.2) is 39.1 Å². The van der Waals surface area contributed by atoms with Crippen molar-refractivity contribution in [3.05, 3.63) is 70.8 Å². The van der Waals surface area contributed by atoms with E-state index in [-0.39, 0.29) is 33.0 Å². The van der Waals surface area contributed by atoms with Crippen LogP contribution >= 0.6 is 0 Å². The third kappa shape index (κ3) is 2.63. The third-order valence-electron chi connectivity index (χ3n) is 5.97. The molecule has 0 aromatic heterocycles. The highest BCUT2D eigenvalue weighted by molar-refractivity contribution is 6.38. The predicted octanol–water partition coefficient (Wildman–Crippen LogP) is 3.44. The first-order valence-electron chi connectivity index (χ1n) is 9.67. The number of nitrogens with two attached hydrogens (primary N) is 1. The molecule has 162 valence electrons. The average molecular weight is 442 g/mol. The van der Waals surface area contributed by atoms with Crippen LogP contribution in [0.15, 0.2) is 48.5 Å². The van der Waals surface area contributed by atoms with Crippen molar-refractivity contribution in [1.82, 2.24) is 5.43 Å². The van der Waals surface area contributed by atoms with Crippen molar-refractivity contribution in [3.8, 4) is 0 Å². The summed E-state index contributed by atoms with van der Waals surface area (Å²) in [4.78, 5) is 48.3. The van der Waals surface area contributed by atoms with Gasteiger partial charge in [-0.15, -0.1) is 0 Å². The number of rotatable bonds is 4. The van der Waals surface area contributed by atoms with Gasteiger partial charge < -0.3 is 15.3 Å². The van der Waals surface area contributed by atoms with Crippen molar-refractivity contribution in [2.24, 2.45) is 5.84 Å². The Bertz CT molecular complexity index is 1640. The predicted molar refractivity (Wildman–Crippen MR) is 120 cm³/mol. The summed E-state index contributed by atoms with van der Waals surface area (Å²) in [7, 11) is 0. The maximum atomic E-state index is 12.4. The Labute approximate surface area is 183 Å². The minimum atomic E-state index is -1.27. The molecule has 0 radical (unpaired) electrons. The Morgan fingerprint density at radius 2 is 0.818 bits per heavy atom. The molecule has 0 aliphatic heterocycles. The van der Waals surface area contributed by atoms with Crippen LogP contribution in [0.1, 0.15) is 41.4 Å². The van der Waals surface area contributed by atoms with E-state index in [0.717, 1.165) is 0 Å². The zero-order chi connectivity index (χ0) is 23.6. The fourth-order valence-electron chi connectivity index (χ4n) is 4.69. The van der Waals surface area contributed by atoms with Gasteiger partial charge in [0, 0.05) is 16.3 Å². The third-order valence-corrected chi connectivity index (χ3v) is 5.97. The molecule has 33 heavy (non-hydrogen) atoms. The van der Waals surface area contributed by atoms with Crippen molar-refractivity contribution in [2.45, 2.75) is 0 Å². The molecule has 0 unspecified atom stereocenters. The molecule has 0 bridgehead atoms. The molecule has 5 aromatic rings. The van der Waals surface area contributed by atoms with Crippen LogP contribution in [-0.2, 0) is 0 Å². The van der Waals surface area contributed by atoms with Crippen LogP contribution < -0.4 is 11.3 Å². The smallest absolute Gasteiger partial charge is 0.336 e. The molecule has 9 nitrogen and oxygen atoms in total. The van der Waals surface area contributed by atoms with Crippen LogP contribution in [0.3, 0.4) is 0 Å². The van der Waals surface area contributed by atoms with Crippen molar-refractivity contribution < 1.29 is 34.5 Å². The van der Waals surface area contributed by atoms with Crippen LogP contribution in [0.25, 0.3) is 43.1 Å². The lowest BCUT2D eigenvalue weighted by molar-refractivity contribution is 0.0685. The topological polar surface area (TPSA) is 167 Å². The van der Waals surface area contributed by atoms with E-state index in [9.17, 15) is 34.5 Å². The van der Waals surface area contributed by atoms with Gasteiger partial charge in [-0.1, -0.05) is 24.3 Å². The molecule has 9 heteroatoms. The van der Waals surface area contributed by atoms with Gasteiger partial charge in [0.05, 0.1) is 16.7 Å². The number of hydrazine groups is 1. The van der Waals surface area contributed by atoms with Gasteiger partial charge in [-0.2, -0.15) is 0 Å². The second-order valence-electron chi connectivity index (χ2n) is 7.53. The number of carboxylic acid groups (broad SMARTS) is 3. The number of carbonyl (C=O) groups excluding carboxylic acids is 1. The van der Waals surface area contributed by atoms with E-state index in [1.54, 1.807) is 24.3 Å². The summed E-state index contributed by atoms with van der Waals surface area (Å²) < 4.78 is 0. The summed E-state index contributed by atoms with van der Waals surface area (Å²) in [6.45, 7) is 0. The van der Waals surface area contributed by atoms with Gasteiger partial charge in [0.15, 0.2) is 0 Å². The monoisotopic (exact) mass is 442 g/mol. The normalized spacial score (nSPS) is 11.4. The zero-order valence-electron chi connectivity index (χ0n) is 16.7. The molecule has 0 heterocycles. The number of aromatic carboxylic acids is 3. The lowest BCUT2D eigenvalue weighted by Gasteiger charge is -2.19. The molecule has 0 saturated heterocycles. The van der Waals surface area contributed by atoms with Gasteiger partial charge in [-0.25, -0.2) is 20.2 Å². The number of amides is 1. The largest absolute Gasteiger partial charge is 0.478 e. The number of benzene rings is 5. The molecule has 0 aliphatic rings. The number of carboxylic acids is 3. The summed E-state index contributed by atoms with van der Waals surface area (Å²) in [6.07, 6.45) is 0. The van der Waals surface area contributed by atoms with Crippen molar-refractivity contribution in [1.29, 1.82) is 0 Å². The zero-order valence-corrected chi connectivity index (χ0v) is 16.7. The Hall–Kier alpha value is -4.76. The van der Waals surface area contributed by atoms with Gasteiger partial charge in [0.1, 0.15) is 0 Å². The molecular weight excluding hydrogens is 428 g/mol. The minimum absolute atomic E-state index is 0.0690. The quantitative estimate of drug-likeness (QED) is 0.0927. The van der Waals surface area contributed by atoms with E-state index in [4.69, 9.17) is 5.84 Å². The van der Waals surface area contributed by atoms with Gasteiger partial charge >= 0.3 is 17.9 Å². The first-order valence-corrected chi connectivity index (χ1v) is 9.67. The van der Waals surface area contributed by atoms with Crippen LogP contribution in [0.5, 0.6) is 0 Å². The molecule has 0 fully saturated rings. The van der Waals surface area contributed by atoms with Gasteiger partial charge in [0.25, 0.3) is 5.91 Å². The second-order valence-corrected chi connectivity index (χ2v) is 7.53. The standard InChI is InChI=1S/C24H14N2O7/c25-26-21(27)13-5-1-9-11-3-7-15(23(30)31)20-16(24(32)33)8-4-12(18(11)20)10-2-6-14(22(28)29)19(13)17(9)10/h1-8H,25H2,(H,26,27)(H,28,29)(H,30,31)(H,32,33). The summed E-state index contributed by atoms with van der Waals surface area (Å²) in [5, 5.41) is 32.6. The Morgan fingerprint density at radius 3 is 1.12 bits per heavy atom. The van der Waals surface area contributed by atoms with Crippen LogP contribution in [0.2, 0.25) is 0 Å². The Kier molecular flexibility index (Phi) is 4.20. The van der Waals surface area contributed by atoms with Gasteiger partial charge in [-0.05, 0) is 56.6 Å². The van der Waals surface area contributed by atoms with Gasteiger partial charge in [-0.3, -0.25) is 10.2 Å². The average Bonchev–Trinajstić information content (AvgIpc) is 2.80. The first kappa shape index (κ1) is 20.2. The fraction of sp³-hybridized carbons (Fsp3) is 0. The number of hydrogen-bond acceptors (Lipinski definition) is 5. The molecule has 0 aliphatic carbocycles. The fourth-order valence-corrected chi connectivity index (χ4v) is 4.69. The Morgan fingerprint density at radius 1 is 0.515 bits per heavy atom. The number of nitrogens with one attached hydrogen (secondary N) is 1.